The fraction of sp³-hybridized carbons (Fsp3) is 0.414. The Labute approximate surface area is 231 Å². The van der Waals surface area contributed by atoms with Gasteiger partial charge in [0.05, 0.1) is 4.90 Å². The number of rotatable bonds is 8. The maximum Gasteiger partial charge on any atom is 0.243 e. The number of sulfonamides is 1. The lowest BCUT2D eigenvalue weighted by Gasteiger charge is -2.34. The standard InChI is InChI=1S/C29H35ClN4O3S/c1-23-28(30)8-3-9-29(23)38(35,36)34-13-10-26(11-14-34)37-27-7-2-5-24(19-27)21-32-15-17-33(18-16-32)22-25-6-4-12-31-20-25/h2-9,12,19-20,26H,10-11,13-18,21-22H2,1H3. The molecule has 0 bridgehead atoms. The van der Waals surface area contributed by atoms with Crippen LogP contribution in [0, 0.1) is 6.92 Å². The molecule has 9 heteroatoms. The Morgan fingerprint density at radius 3 is 2.24 bits per heavy atom. The molecule has 2 aromatic carbocycles. The highest BCUT2D eigenvalue weighted by Crippen LogP contribution is 2.28. The van der Waals surface area contributed by atoms with E-state index in [-0.39, 0.29) is 11.0 Å². The van der Waals surface area contributed by atoms with Crippen molar-refractivity contribution in [1.29, 1.82) is 0 Å². The van der Waals surface area contributed by atoms with Gasteiger partial charge in [-0.1, -0.05) is 35.9 Å². The van der Waals surface area contributed by atoms with Crippen LogP contribution < -0.4 is 4.74 Å². The van der Waals surface area contributed by atoms with Crippen LogP contribution in [0.5, 0.6) is 5.75 Å². The van der Waals surface area contributed by atoms with Crippen LogP contribution in [-0.2, 0) is 23.1 Å². The third-order valence-electron chi connectivity index (χ3n) is 7.44. The number of hydrogen-bond acceptors (Lipinski definition) is 6. The van der Waals surface area contributed by atoms with Crippen LogP contribution in [0.25, 0.3) is 0 Å². The first-order valence-electron chi connectivity index (χ1n) is 13.2. The summed E-state index contributed by atoms with van der Waals surface area (Å²) in [5.41, 5.74) is 3.09. The van der Waals surface area contributed by atoms with Crippen LogP contribution in [0.1, 0.15) is 29.5 Å². The van der Waals surface area contributed by atoms with Crippen LogP contribution in [-0.4, -0.2) is 72.9 Å². The third-order valence-corrected chi connectivity index (χ3v) is 9.89. The fourth-order valence-corrected chi connectivity index (χ4v) is 7.17. The van der Waals surface area contributed by atoms with Crippen LogP contribution >= 0.6 is 11.6 Å². The number of nitrogens with zero attached hydrogens (tertiary/aromatic N) is 4. The normalized spacial score (nSPS) is 18.5. The zero-order valence-corrected chi connectivity index (χ0v) is 23.4. The van der Waals surface area contributed by atoms with Gasteiger partial charge in [0.1, 0.15) is 11.9 Å². The zero-order valence-electron chi connectivity index (χ0n) is 21.8. The summed E-state index contributed by atoms with van der Waals surface area (Å²) < 4.78 is 34.2. The van der Waals surface area contributed by atoms with Gasteiger partial charge in [-0.3, -0.25) is 14.8 Å². The highest BCUT2D eigenvalue weighted by molar-refractivity contribution is 7.89. The summed E-state index contributed by atoms with van der Waals surface area (Å²) in [5, 5.41) is 0.468. The van der Waals surface area contributed by atoms with Gasteiger partial charge in [-0.25, -0.2) is 8.42 Å². The van der Waals surface area contributed by atoms with E-state index in [2.05, 4.69) is 33.0 Å². The lowest BCUT2D eigenvalue weighted by molar-refractivity contribution is 0.121. The molecule has 0 N–H and O–H groups in total. The molecule has 1 aromatic heterocycles. The first kappa shape index (κ1) is 27.1. The average molecular weight is 555 g/mol. The van der Waals surface area contributed by atoms with E-state index in [9.17, 15) is 8.42 Å². The summed E-state index contributed by atoms with van der Waals surface area (Å²) in [7, 11) is -3.58. The monoisotopic (exact) mass is 554 g/mol. The summed E-state index contributed by atoms with van der Waals surface area (Å²) in [6.45, 7) is 8.61. The van der Waals surface area contributed by atoms with Gasteiger partial charge in [0, 0.05) is 69.8 Å². The Kier molecular flexibility index (Phi) is 8.65. The molecule has 0 spiro atoms. The highest BCUT2D eigenvalue weighted by atomic mass is 35.5. The van der Waals surface area contributed by atoms with Crippen molar-refractivity contribution in [2.45, 2.75) is 43.9 Å². The highest BCUT2D eigenvalue weighted by Gasteiger charge is 2.31. The predicted octanol–water partition coefficient (Wildman–Crippen LogP) is 4.59. The first-order valence-corrected chi connectivity index (χ1v) is 15.0. The van der Waals surface area contributed by atoms with Gasteiger partial charge in [-0.05, 0) is 66.8 Å². The van der Waals surface area contributed by atoms with Crippen molar-refractivity contribution in [1.82, 2.24) is 19.1 Å². The number of piperazine rings is 1. The lowest BCUT2D eigenvalue weighted by atomic mass is 10.1. The molecule has 0 aliphatic carbocycles. The minimum atomic E-state index is -3.58. The molecule has 2 saturated heterocycles. The first-order chi connectivity index (χ1) is 18.4. The number of ether oxygens (including phenoxy) is 1. The minimum Gasteiger partial charge on any atom is -0.490 e. The molecule has 2 aliphatic heterocycles. The van der Waals surface area contributed by atoms with Gasteiger partial charge >= 0.3 is 0 Å². The quantitative estimate of drug-likeness (QED) is 0.406. The largest absolute Gasteiger partial charge is 0.490 e. The van der Waals surface area contributed by atoms with Gasteiger partial charge in [0.25, 0.3) is 0 Å². The molecule has 7 nitrogen and oxygen atoms in total. The number of pyridine rings is 1. The molecule has 0 radical (unpaired) electrons. The second kappa shape index (κ2) is 12.1. The predicted molar refractivity (Wildman–Crippen MR) is 150 cm³/mol. The Hall–Kier alpha value is -2.49. The van der Waals surface area contributed by atoms with E-state index in [1.165, 1.54) is 11.1 Å². The van der Waals surface area contributed by atoms with E-state index >= 15 is 0 Å². The van der Waals surface area contributed by atoms with Crippen LogP contribution in [0.4, 0.5) is 0 Å². The second-order valence-electron chi connectivity index (χ2n) is 10.1. The van der Waals surface area contributed by atoms with Crippen molar-refractivity contribution < 1.29 is 13.2 Å². The molecule has 2 aliphatic rings. The van der Waals surface area contributed by atoms with Gasteiger partial charge in [0.2, 0.25) is 10.0 Å². The topological polar surface area (TPSA) is 66.0 Å². The molecule has 3 aromatic rings. The van der Waals surface area contributed by atoms with Crippen LogP contribution in [0.3, 0.4) is 0 Å². The lowest BCUT2D eigenvalue weighted by Crippen LogP contribution is -2.45. The molecule has 5 rings (SSSR count). The van der Waals surface area contributed by atoms with Gasteiger partial charge in [0.15, 0.2) is 0 Å². The number of piperidine rings is 1. The molecular weight excluding hydrogens is 520 g/mol. The summed E-state index contributed by atoms with van der Waals surface area (Å²) in [6.07, 6.45) is 5.06. The van der Waals surface area contributed by atoms with Crippen molar-refractivity contribution >= 4 is 21.6 Å². The Morgan fingerprint density at radius 2 is 1.55 bits per heavy atom. The van der Waals surface area contributed by atoms with E-state index in [1.807, 2.05) is 30.6 Å². The summed E-state index contributed by atoms with van der Waals surface area (Å²) in [5.74, 6) is 0.852. The number of benzene rings is 2. The van der Waals surface area contributed by atoms with Gasteiger partial charge in [-0.2, -0.15) is 4.31 Å². The maximum absolute atomic E-state index is 13.2. The van der Waals surface area contributed by atoms with Crippen molar-refractivity contribution in [3.63, 3.8) is 0 Å². The van der Waals surface area contributed by atoms with E-state index in [0.717, 1.165) is 45.0 Å². The zero-order chi connectivity index (χ0) is 26.5. The molecular formula is C29H35ClN4O3S. The molecule has 0 amide bonds. The van der Waals surface area contributed by atoms with Gasteiger partial charge in [-0.15, -0.1) is 0 Å². The summed E-state index contributed by atoms with van der Waals surface area (Å²) >= 11 is 6.17. The fourth-order valence-electron chi connectivity index (χ4n) is 5.22. The SMILES string of the molecule is Cc1c(Cl)cccc1S(=O)(=O)N1CCC(Oc2cccc(CN3CCN(Cc4cccnc4)CC3)c2)CC1. The summed E-state index contributed by atoms with van der Waals surface area (Å²) in [6, 6.07) is 17.5. The molecule has 2 fully saturated rings. The minimum absolute atomic E-state index is 0.00632. The third kappa shape index (κ3) is 6.55. The molecule has 38 heavy (non-hydrogen) atoms. The second-order valence-corrected chi connectivity index (χ2v) is 12.5. The summed E-state index contributed by atoms with van der Waals surface area (Å²) in [4.78, 5) is 9.47. The number of halogens is 1. The Balaban J connectivity index is 1.11. The Bertz CT molecular complexity index is 1320. The van der Waals surface area contributed by atoms with Crippen molar-refractivity contribution in [2.75, 3.05) is 39.3 Å². The van der Waals surface area contributed by atoms with E-state index in [0.29, 0.717) is 36.5 Å². The van der Waals surface area contributed by atoms with Crippen molar-refractivity contribution in [2.24, 2.45) is 0 Å². The molecule has 202 valence electrons. The van der Waals surface area contributed by atoms with E-state index in [1.54, 1.807) is 29.4 Å². The maximum atomic E-state index is 13.2. The number of aromatic nitrogens is 1. The Morgan fingerprint density at radius 1 is 0.895 bits per heavy atom. The number of hydrogen-bond donors (Lipinski definition) is 0. The molecule has 0 saturated carbocycles. The van der Waals surface area contributed by atoms with Crippen LogP contribution in [0.15, 0.2) is 71.9 Å². The van der Waals surface area contributed by atoms with Crippen LogP contribution in [0.2, 0.25) is 5.02 Å². The smallest absolute Gasteiger partial charge is 0.243 e. The average Bonchev–Trinajstić information content (AvgIpc) is 2.92. The van der Waals surface area contributed by atoms with Crippen molar-refractivity contribution in [3.8, 4) is 5.75 Å². The van der Waals surface area contributed by atoms with E-state index in [4.69, 9.17) is 16.3 Å². The molecule has 3 heterocycles. The van der Waals surface area contributed by atoms with E-state index < -0.39 is 10.0 Å². The van der Waals surface area contributed by atoms with Gasteiger partial charge < -0.3 is 4.74 Å². The molecule has 0 atom stereocenters. The van der Waals surface area contributed by atoms with Crippen molar-refractivity contribution in [3.05, 3.63) is 88.7 Å². The molecule has 0 unspecified atom stereocenters.